The molecule has 0 radical (unpaired) electrons. The van der Waals surface area contributed by atoms with E-state index < -0.39 is 14.6 Å². The highest BCUT2D eigenvalue weighted by Crippen LogP contribution is 2.16. The Morgan fingerprint density at radius 3 is 2.26 bits per heavy atom. The number of benzene rings is 1. The minimum atomic E-state index is -3.02. The lowest BCUT2D eigenvalue weighted by atomic mass is 10.0. The first-order valence-corrected chi connectivity index (χ1v) is 8.37. The van der Waals surface area contributed by atoms with E-state index in [-0.39, 0.29) is 5.75 Å². The molecule has 0 aliphatic heterocycles. The average Bonchev–Trinajstić information content (AvgIpc) is 2.34. The molecule has 0 aliphatic carbocycles. The number of rotatable bonds is 6. The maximum atomic E-state index is 11.9. The summed E-state index contributed by atoms with van der Waals surface area (Å²) in [5, 5.41) is 3.23. The number of sulfone groups is 1. The third kappa shape index (κ3) is 4.96. The van der Waals surface area contributed by atoms with Crippen molar-refractivity contribution in [1.29, 1.82) is 0 Å². The molecular formula is C15H25NO2S. The molecule has 0 unspecified atom stereocenters. The summed E-state index contributed by atoms with van der Waals surface area (Å²) in [6, 6.07) is 10.2. The van der Waals surface area contributed by atoms with Crippen molar-refractivity contribution in [2.75, 3.05) is 18.8 Å². The van der Waals surface area contributed by atoms with Gasteiger partial charge in [-0.25, -0.2) is 8.42 Å². The first-order valence-electron chi connectivity index (χ1n) is 6.72. The summed E-state index contributed by atoms with van der Waals surface area (Å²) in [5.41, 5.74) is 1.27. The molecule has 1 atom stereocenters. The average molecular weight is 283 g/mol. The van der Waals surface area contributed by atoms with E-state index in [2.05, 4.69) is 24.4 Å². The van der Waals surface area contributed by atoms with Crippen LogP contribution in [-0.2, 0) is 9.84 Å². The Bertz CT molecular complexity index is 475. The molecule has 0 amide bonds. The standard InChI is InChI=1S/C15H25NO2S/c1-13(14-8-6-5-7-9-14)12-16-10-11-19(17,18)15(2,3)4/h5-9,13,16H,10-12H2,1-4H3/t13-/m1/s1. The molecule has 1 aromatic carbocycles. The largest absolute Gasteiger partial charge is 0.315 e. The molecule has 1 aromatic rings. The van der Waals surface area contributed by atoms with Gasteiger partial charge >= 0.3 is 0 Å². The second-order valence-electron chi connectivity index (χ2n) is 5.95. The second kappa shape index (κ2) is 6.53. The first-order chi connectivity index (χ1) is 8.74. The van der Waals surface area contributed by atoms with E-state index in [0.717, 1.165) is 6.54 Å². The van der Waals surface area contributed by atoms with E-state index in [0.29, 0.717) is 12.5 Å². The molecule has 0 saturated heterocycles. The molecule has 108 valence electrons. The van der Waals surface area contributed by atoms with Crippen molar-refractivity contribution in [1.82, 2.24) is 5.32 Å². The van der Waals surface area contributed by atoms with Gasteiger partial charge in [-0.3, -0.25) is 0 Å². The maximum Gasteiger partial charge on any atom is 0.156 e. The molecule has 19 heavy (non-hydrogen) atoms. The van der Waals surface area contributed by atoms with Crippen LogP contribution in [0.3, 0.4) is 0 Å². The van der Waals surface area contributed by atoms with Gasteiger partial charge in [-0.15, -0.1) is 0 Å². The van der Waals surface area contributed by atoms with Gasteiger partial charge in [-0.1, -0.05) is 37.3 Å². The molecule has 1 rings (SSSR count). The fourth-order valence-electron chi connectivity index (χ4n) is 1.73. The van der Waals surface area contributed by atoms with Gasteiger partial charge in [0.2, 0.25) is 0 Å². The Kier molecular flexibility index (Phi) is 5.56. The quantitative estimate of drug-likeness (QED) is 0.816. The first kappa shape index (κ1) is 16.2. The topological polar surface area (TPSA) is 46.2 Å². The lowest BCUT2D eigenvalue weighted by Crippen LogP contribution is -2.35. The van der Waals surface area contributed by atoms with Gasteiger partial charge < -0.3 is 5.32 Å². The molecule has 0 saturated carbocycles. The smallest absolute Gasteiger partial charge is 0.156 e. The van der Waals surface area contributed by atoms with Gasteiger partial charge in [0.1, 0.15) is 0 Å². The highest BCUT2D eigenvalue weighted by Gasteiger charge is 2.28. The van der Waals surface area contributed by atoms with Crippen LogP contribution in [0.2, 0.25) is 0 Å². The van der Waals surface area contributed by atoms with E-state index in [4.69, 9.17) is 0 Å². The number of hydrogen-bond donors (Lipinski definition) is 1. The second-order valence-corrected chi connectivity index (χ2v) is 8.81. The van der Waals surface area contributed by atoms with Crippen LogP contribution in [-0.4, -0.2) is 32.0 Å². The van der Waals surface area contributed by atoms with E-state index >= 15 is 0 Å². The molecule has 0 aromatic heterocycles. The van der Waals surface area contributed by atoms with Crippen LogP contribution in [0.5, 0.6) is 0 Å². The van der Waals surface area contributed by atoms with E-state index in [1.165, 1.54) is 5.56 Å². The van der Waals surface area contributed by atoms with Crippen molar-refractivity contribution >= 4 is 9.84 Å². The van der Waals surface area contributed by atoms with Crippen LogP contribution in [0.4, 0.5) is 0 Å². The van der Waals surface area contributed by atoms with E-state index in [1.54, 1.807) is 20.8 Å². The fraction of sp³-hybridized carbons (Fsp3) is 0.600. The lowest BCUT2D eigenvalue weighted by molar-refractivity contribution is 0.553. The third-order valence-electron chi connectivity index (χ3n) is 3.30. The molecule has 0 fully saturated rings. The van der Waals surface area contributed by atoms with Crippen LogP contribution in [0.1, 0.15) is 39.2 Å². The lowest BCUT2D eigenvalue weighted by Gasteiger charge is -2.19. The Balaban J connectivity index is 2.36. The molecule has 0 aliphatic rings. The van der Waals surface area contributed by atoms with Crippen LogP contribution >= 0.6 is 0 Å². The van der Waals surface area contributed by atoms with Crippen LogP contribution in [0.25, 0.3) is 0 Å². The Hall–Kier alpha value is -0.870. The zero-order chi connectivity index (χ0) is 14.5. The van der Waals surface area contributed by atoms with Crippen LogP contribution in [0, 0.1) is 0 Å². The predicted molar refractivity (Wildman–Crippen MR) is 81.3 cm³/mol. The highest BCUT2D eigenvalue weighted by atomic mass is 32.2. The van der Waals surface area contributed by atoms with Crippen LogP contribution < -0.4 is 5.32 Å². The molecule has 0 spiro atoms. The summed E-state index contributed by atoms with van der Waals surface area (Å²) in [7, 11) is -3.02. The summed E-state index contributed by atoms with van der Waals surface area (Å²) in [6.07, 6.45) is 0. The van der Waals surface area contributed by atoms with Crippen molar-refractivity contribution in [2.24, 2.45) is 0 Å². The zero-order valence-corrected chi connectivity index (χ0v) is 13.1. The monoisotopic (exact) mass is 283 g/mol. The summed E-state index contributed by atoms with van der Waals surface area (Å²) in [6.45, 7) is 8.68. The van der Waals surface area contributed by atoms with Crippen molar-refractivity contribution < 1.29 is 8.42 Å². The summed E-state index contributed by atoms with van der Waals surface area (Å²) >= 11 is 0. The normalized spacial score (nSPS) is 14.3. The Labute approximate surface area is 117 Å². The Morgan fingerprint density at radius 2 is 1.74 bits per heavy atom. The minimum absolute atomic E-state index is 0.192. The maximum absolute atomic E-state index is 11.9. The third-order valence-corrected chi connectivity index (χ3v) is 5.91. The molecule has 1 N–H and O–H groups in total. The van der Waals surface area contributed by atoms with Gasteiger partial charge in [0.05, 0.1) is 10.5 Å². The highest BCUT2D eigenvalue weighted by molar-refractivity contribution is 7.92. The SMILES string of the molecule is C[C@H](CNCCS(=O)(=O)C(C)(C)C)c1ccccc1. The predicted octanol–water partition coefficient (Wildman–Crippen LogP) is 2.59. The van der Waals surface area contributed by atoms with Crippen molar-refractivity contribution in [3.63, 3.8) is 0 Å². The minimum Gasteiger partial charge on any atom is -0.315 e. The summed E-state index contributed by atoms with van der Waals surface area (Å²) in [5.74, 6) is 0.580. The van der Waals surface area contributed by atoms with Gasteiger partial charge in [-0.2, -0.15) is 0 Å². The molecule has 3 nitrogen and oxygen atoms in total. The summed E-state index contributed by atoms with van der Waals surface area (Å²) in [4.78, 5) is 0. The van der Waals surface area contributed by atoms with Crippen molar-refractivity contribution in [2.45, 2.75) is 38.4 Å². The number of nitrogens with one attached hydrogen (secondary N) is 1. The molecule has 0 heterocycles. The Morgan fingerprint density at radius 1 is 1.16 bits per heavy atom. The molecule has 0 bridgehead atoms. The van der Waals surface area contributed by atoms with Gasteiger partial charge in [-0.05, 0) is 32.3 Å². The van der Waals surface area contributed by atoms with Crippen molar-refractivity contribution in [3.8, 4) is 0 Å². The van der Waals surface area contributed by atoms with E-state index in [1.807, 2.05) is 18.2 Å². The van der Waals surface area contributed by atoms with Gasteiger partial charge in [0.25, 0.3) is 0 Å². The van der Waals surface area contributed by atoms with E-state index in [9.17, 15) is 8.42 Å². The molecule has 4 heteroatoms. The van der Waals surface area contributed by atoms with Gasteiger partial charge in [0.15, 0.2) is 9.84 Å². The molecular weight excluding hydrogens is 258 g/mol. The zero-order valence-electron chi connectivity index (χ0n) is 12.3. The van der Waals surface area contributed by atoms with Gasteiger partial charge in [0, 0.05) is 13.1 Å². The van der Waals surface area contributed by atoms with Crippen LogP contribution in [0.15, 0.2) is 30.3 Å². The summed E-state index contributed by atoms with van der Waals surface area (Å²) < 4.78 is 23.2. The number of hydrogen-bond acceptors (Lipinski definition) is 3. The van der Waals surface area contributed by atoms with Crippen molar-refractivity contribution in [3.05, 3.63) is 35.9 Å². The fourth-order valence-corrected chi connectivity index (χ4v) is 2.76.